The largest absolute Gasteiger partial charge is 0.382 e. The summed E-state index contributed by atoms with van der Waals surface area (Å²) in [5.74, 6) is 0. The van der Waals surface area contributed by atoms with Gasteiger partial charge in [-0.2, -0.15) is 0 Å². The number of rotatable bonds is 7. The Hall–Kier alpha value is -1.91. The molecule has 0 unspecified atom stereocenters. The average molecular weight is 259 g/mol. The lowest BCUT2D eigenvalue weighted by Gasteiger charge is -2.19. The van der Waals surface area contributed by atoms with Crippen molar-refractivity contribution in [1.82, 2.24) is 20.2 Å². The van der Waals surface area contributed by atoms with Gasteiger partial charge in [-0.3, -0.25) is 0 Å². The van der Waals surface area contributed by atoms with Crippen LogP contribution < -0.4 is 5.32 Å². The Balaban J connectivity index is 2.10. The Morgan fingerprint density at radius 1 is 1.21 bits per heavy atom. The van der Waals surface area contributed by atoms with E-state index in [1.54, 1.807) is 11.0 Å². The fourth-order valence-electron chi connectivity index (χ4n) is 2.24. The summed E-state index contributed by atoms with van der Waals surface area (Å²) in [6.45, 7) is 4.45. The van der Waals surface area contributed by atoms with Gasteiger partial charge >= 0.3 is 0 Å². The van der Waals surface area contributed by atoms with Crippen molar-refractivity contribution in [2.75, 3.05) is 5.32 Å². The number of anilines is 1. The topological polar surface area (TPSA) is 55.6 Å². The summed E-state index contributed by atoms with van der Waals surface area (Å²) in [4.78, 5) is 0. The average Bonchev–Trinajstić information content (AvgIpc) is 2.93. The molecule has 5 nitrogen and oxygen atoms in total. The minimum Gasteiger partial charge on any atom is -0.382 e. The molecule has 19 heavy (non-hydrogen) atoms. The molecule has 1 aromatic carbocycles. The molecule has 0 aliphatic rings. The molecule has 0 spiro atoms. The standard InChI is InChI=1S/C14H21N5/c1-3-6-12(7-4-2)16-13-8-5-9-14(10-13)19-11-15-17-18-19/h5,8-12,16H,3-4,6-7H2,1-2H3. The number of benzene rings is 1. The molecule has 0 radical (unpaired) electrons. The first-order chi connectivity index (χ1) is 9.33. The fourth-order valence-corrected chi connectivity index (χ4v) is 2.24. The summed E-state index contributed by atoms with van der Waals surface area (Å²) >= 11 is 0. The van der Waals surface area contributed by atoms with E-state index in [0.717, 1.165) is 11.4 Å². The van der Waals surface area contributed by atoms with E-state index >= 15 is 0 Å². The third-order valence-electron chi connectivity index (χ3n) is 3.10. The van der Waals surface area contributed by atoms with Crippen molar-refractivity contribution in [2.24, 2.45) is 0 Å². The van der Waals surface area contributed by atoms with Crippen molar-refractivity contribution < 1.29 is 0 Å². The van der Waals surface area contributed by atoms with Crippen LogP contribution >= 0.6 is 0 Å². The molecule has 0 amide bonds. The number of tetrazole rings is 1. The number of aromatic nitrogens is 4. The molecule has 0 saturated carbocycles. The second-order valence-corrected chi connectivity index (χ2v) is 4.72. The molecule has 2 rings (SSSR count). The van der Waals surface area contributed by atoms with Gasteiger partial charge in [0.15, 0.2) is 0 Å². The normalized spacial score (nSPS) is 10.9. The maximum atomic E-state index is 3.91. The number of hydrogen-bond acceptors (Lipinski definition) is 4. The van der Waals surface area contributed by atoms with Crippen LogP contribution in [0.25, 0.3) is 5.69 Å². The van der Waals surface area contributed by atoms with Crippen molar-refractivity contribution >= 4 is 5.69 Å². The smallest absolute Gasteiger partial charge is 0.143 e. The van der Waals surface area contributed by atoms with Gasteiger partial charge in [-0.15, -0.1) is 5.10 Å². The molecule has 0 atom stereocenters. The van der Waals surface area contributed by atoms with Crippen molar-refractivity contribution in [3.63, 3.8) is 0 Å². The minimum absolute atomic E-state index is 0.541. The quantitative estimate of drug-likeness (QED) is 0.830. The fraction of sp³-hybridized carbons (Fsp3) is 0.500. The van der Waals surface area contributed by atoms with Gasteiger partial charge in [0.1, 0.15) is 6.33 Å². The molecule has 102 valence electrons. The van der Waals surface area contributed by atoms with E-state index in [4.69, 9.17) is 0 Å². The molecule has 0 fully saturated rings. The van der Waals surface area contributed by atoms with Gasteiger partial charge < -0.3 is 5.32 Å². The van der Waals surface area contributed by atoms with Crippen molar-refractivity contribution in [2.45, 2.75) is 45.6 Å². The first-order valence-corrected chi connectivity index (χ1v) is 6.93. The Morgan fingerprint density at radius 3 is 2.63 bits per heavy atom. The third kappa shape index (κ3) is 3.77. The summed E-state index contributed by atoms with van der Waals surface area (Å²) in [6, 6.07) is 8.73. The Bertz CT molecular complexity index is 474. The first kappa shape index (κ1) is 13.5. The highest BCUT2D eigenvalue weighted by Gasteiger charge is 2.07. The number of hydrogen-bond donors (Lipinski definition) is 1. The Morgan fingerprint density at radius 2 is 2.00 bits per heavy atom. The molecular weight excluding hydrogens is 238 g/mol. The minimum atomic E-state index is 0.541. The lowest BCUT2D eigenvalue weighted by Crippen LogP contribution is -2.18. The van der Waals surface area contributed by atoms with Gasteiger partial charge in [-0.1, -0.05) is 32.8 Å². The van der Waals surface area contributed by atoms with E-state index in [2.05, 4.69) is 46.8 Å². The molecule has 1 aromatic heterocycles. The predicted molar refractivity (Wildman–Crippen MR) is 76.4 cm³/mol. The van der Waals surface area contributed by atoms with Crippen LogP contribution in [0.1, 0.15) is 39.5 Å². The summed E-state index contributed by atoms with van der Waals surface area (Å²) in [5.41, 5.74) is 2.10. The van der Waals surface area contributed by atoms with Crippen LogP contribution in [0.4, 0.5) is 5.69 Å². The molecular formula is C14H21N5. The Labute approximate surface area is 114 Å². The van der Waals surface area contributed by atoms with Gasteiger partial charge in [-0.25, -0.2) is 4.68 Å². The van der Waals surface area contributed by atoms with E-state index in [1.807, 2.05) is 12.1 Å². The Kier molecular flexibility index (Phi) is 4.89. The van der Waals surface area contributed by atoms with Crippen LogP contribution in [0, 0.1) is 0 Å². The predicted octanol–water partition coefficient (Wildman–Crippen LogP) is 3.04. The summed E-state index contributed by atoms with van der Waals surface area (Å²) in [5, 5.41) is 14.8. The van der Waals surface area contributed by atoms with Gasteiger partial charge in [-0.05, 0) is 41.5 Å². The van der Waals surface area contributed by atoms with Crippen LogP contribution in [0.3, 0.4) is 0 Å². The maximum Gasteiger partial charge on any atom is 0.143 e. The van der Waals surface area contributed by atoms with Crippen LogP contribution in [-0.2, 0) is 0 Å². The van der Waals surface area contributed by atoms with E-state index in [-0.39, 0.29) is 0 Å². The van der Waals surface area contributed by atoms with Gasteiger partial charge in [0.2, 0.25) is 0 Å². The molecule has 0 aliphatic carbocycles. The van der Waals surface area contributed by atoms with Gasteiger partial charge in [0, 0.05) is 11.7 Å². The maximum absolute atomic E-state index is 3.91. The molecule has 0 aliphatic heterocycles. The molecule has 0 bridgehead atoms. The van der Waals surface area contributed by atoms with Gasteiger partial charge in [0.05, 0.1) is 5.69 Å². The summed E-state index contributed by atoms with van der Waals surface area (Å²) in [7, 11) is 0. The third-order valence-corrected chi connectivity index (χ3v) is 3.10. The van der Waals surface area contributed by atoms with Crippen LogP contribution in [0.5, 0.6) is 0 Å². The van der Waals surface area contributed by atoms with E-state index in [9.17, 15) is 0 Å². The second-order valence-electron chi connectivity index (χ2n) is 4.72. The highest BCUT2D eigenvalue weighted by molar-refractivity contribution is 5.51. The van der Waals surface area contributed by atoms with E-state index < -0.39 is 0 Å². The highest BCUT2D eigenvalue weighted by Crippen LogP contribution is 2.17. The van der Waals surface area contributed by atoms with E-state index in [1.165, 1.54) is 25.7 Å². The van der Waals surface area contributed by atoms with Crippen molar-refractivity contribution in [3.05, 3.63) is 30.6 Å². The van der Waals surface area contributed by atoms with Crippen LogP contribution in [0.15, 0.2) is 30.6 Å². The molecule has 1 heterocycles. The number of nitrogens with zero attached hydrogens (tertiary/aromatic N) is 4. The van der Waals surface area contributed by atoms with Crippen molar-refractivity contribution in [1.29, 1.82) is 0 Å². The molecule has 1 N–H and O–H groups in total. The highest BCUT2D eigenvalue weighted by atomic mass is 15.5. The lowest BCUT2D eigenvalue weighted by molar-refractivity contribution is 0.586. The zero-order chi connectivity index (χ0) is 13.5. The van der Waals surface area contributed by atoms with Crippen LogP contribution in [-0.4, -0.2) is 26.2 Å². The van der Waals surface area contributed by atoms with E-state index in [0.29, 0.717) is 6.04 Å². The second kappa shape index (κ2) is 6.87. The summed E-state index contributed by atoms with van der Waals surface area (Å²) in [6.07, 6.45) is 6.40. The zero-order valence-electron chi connectivity index (χ0n) is 11.6. The van der Waals surface area contributed by atoms with Crippen LogP contribution in [0.2, 0.25) is 0 Å². The van der Waals surface area contributed by atoms with Crippen molar-refractivity contribution in [3.8, 4) is 5.69 Å². The van der Waals surface area contributed by atoms with Gasteiger partial charge in [0.25, 0.3) is 0 Å². The lowest BCUT2D eigenvalue weighted by atomic mass is 10.1. The zero-order valence-corrected chi connectivity index (χ0v) is 11.6. The summed E-state index contributed by atoms with van der Waals surface area (Å²) < 4.78 is 1.67. The molecule has 5 heteroatoms. The number of nitrogens with one attached hydrogen (secondary N) is 1. The molecule has 2 aromatic rings. The monoisotopic (exact) mass is 259 g/mol. The first-order valence-electron chi connectivity index (χ1n) is 6.93. The molecule has 0 saturated heterocycles. The SMILES string of the molecule is CCCC(CCC)Nc1cccc(-n2cnnn2)c1.